The van der Waals surface area contributed by atoms with Gasteiger partial charge in [0.2, 0.25) is 0 Å². The van der Waals surface area contributed by atoms with E-state index in [9.17, 15) is 14.4 Å². The summed E-state index contributed by atoms with van der Waals surface area (Å²) >= 11 is 0. The van der Waals surface area contributed by atoms with Crippen molar-refractivity contribution in [1.29, 1.82) is 0 Å². The van der Waals surface area contributed by atoms with E-state index in [4.69, 9.17) is 4.42 Å². The topological polar surface area (TPSA) is 106 Å². The Morgan fingerprint density at radius 3 is 2.63 bits per heavy atom. The maximum absolute atomic E-state index is 12.2. The Morgan fingerprint density at radius 2 is 1.74 bits per heavy atom. The van der Waals surface area contributed by atoms with Crippen LogP contribution in [0.2, 0.25) is 0 Å². The highest BCUT2D eigenvalue weighted by Crippen LogP contribution is 2.12. The molecule has 8 nitrogen and oxygen atoms in total. The standard InChI is InChI=1S/C19H14N4O4/c24-17(11-23-15-7-3-4-8-16(15)27-19(23)26)21-22-18(25)14-10-9-12-5-1-2-6-13(12)20-14/h1-10H,11H2,(H,21,24)(H,22,25). The van der Waals surface area contributed by atoms with E-state index in [1.54, 1.807) is 42.5 Å². The number of hydrogen-bond acceptors (Lipinski definition) is 5. The van der Waals surface area contributed by atoms with Gasteiger partial charge in [-0.15, -0.1) is 0 Å². The number of para-hydroxylation sites is 3. The lowest BCUT2D eigenvalue weighted by Gasteiger charge is -2.08. The van der Waals surface area contributed by atoms with Crippen LogP contribution in [0, 0.1) is 0 Å². The van der Waals surface area contributed by atoms with Crippen molar-refractivity contribution in [3.05, 3.63) is 76.9 Å². The maximum atomic E-state index is 12.2. The molecule has 0 aliphatic carbocycles. The number of fused-ring (bicyclic) bond motifs is 2. The molecule has 2 aromatic carbocycles. The number of nitrogens with one attached hydrogen (secondary N) is 2. The first-order valence-corrected chi connectivity index (χ1v) is 8.15. The van der Waals surface area contributed by atoms with E-state index in [1.165, 1.54) is 4.57 Å². The third kappa shape index (κ3) is 3.28. The van der Waals surface area contributed by atoms with Gasteiger partial charge in [-0.05, 0) is 24.3 Å². The fourth-order valence-electron chi connectivity index (χ4n) is 2.73. The summed E-state index contributed by atoms with van der Waals surface area (Å²) in [6, 6.07) is 17.5. The molecule has 0 aliphatic heterocycles. The molecule has 4 aromatic rings. The average molecular weight is 362 g/mol. The number of nitrogens with zero attached hydrogens (tertiary/aromatic N) is 2. The van der Waals surface area contributed by atoms with Crippen LogP contribution in [0.4, 0.5) is 0 Å². The molecular weight excluding hydrogens is 348 g/mol. The van der Waals surface area contributed by atoms with Crippen molar-refractivity contribution in [2.24, 2.45) is 0 Å². The number of oxazole rings is 1. The summed E-state index contributed by atoms with van der Waals surface area (Å²) in [4.78, 5) is 40.4. The molecule has 27 heavy (non-hydrogen) atoms. The molecule has 8 heteroatoms. The molecule has 0 spiro atoms. The molecule has 2 aromatic heterocycles. The Balaban J connectivity index is 1.44. The highest BCUT2D eigenvalue weighted by molar-refractivity contribution is 5.95. The van der Waals surface area contributed by atoms with Crippen molar-refractivity contribution in [2.75, 3.05) is 0 Å². The van der Waals surface area contributed by atoms with Crippen LogP contribution in [0.15, 0.2) is 69.9 Å². The Labute approximate surface area is 152 Å². The van der Waals surface area contributed by atoms with Gasteiger partial charge in [-0.3, -0.25) is 25.0 Å². The molecule has 0 radical (unpaired) electrons. The van der Waals surface area contributed by atoms with Crippen molar-refractivity contribution < 1.29 is 14.0 Å². The summed E-state index contributed by atoms with van der Waals surface area (Å²) in [5.74, 6) is -1.77. The van der Waals surface area contributed by atoms with Crippen molar-refractivity contribution in [3.8, 4) is 0 Å². The molecule has 2 heterocycles. The van der Waals surface area contributed by atoms with Gasteiger partial charge in [-0.25, -0.2) is 9.78 Å². The van der Waals surface area contributed by atoms with Gasteiger partial charge in [0.15, 0.2) is 5.58 Å². The van der Waals surface area contributed by atoms with Crippen molar-refractivity contribution in [2.45, 2.75) is 6.54 Å². The van der Waals surface area contributed by atoms with E-state index in [2.05, 4.69) is 15.8 Å². The van der Waals surface area contributed by atoms with Crippen molar-refractivity contribution in [1.82, 2.24) is 20.4 Å². The van der Waals surface area contributed by atoms with Crippen molar-refractivity contribution in [3.63, 3.8) is 0 Å². The summed E-state index contributed by atoms with van der Waals surface area (Å²) < 4.78 is 6.25. The van der Waals surface area contributed by atoms with Gasteiger partial charge in [0.25, 0.3) is 11.8 Å². The quantitative estimate of drug-likeness (QED) is 0.539. The zero-order valence-electron chi connectivity index (χ0n) is 14.0. The Hall–Kier alpha value is -3.94. The van der Waals surface area contributed by atoms with Gasteiger partial charge in [0, 0.05) is 5.39 Å². The molecule has 0 saturated heterocycles. The van der Waals surface area contributed by atoms with Gasteiger partial charge in [-0.1, -0.05) is 36.4 Å². The normalized spacial score (nSPS) is 10.8. The predicted molar refractivity (Wildman–Crippen MR) is 97.8 cm³/mol. The zero-order valence-corrected chi connectivity index (χ0v) is 14.0. The fourth-order valence-corrected chi connectivity index (χ4v) is 2.73. The minimum atomic E-state index is -0.645. The molecule has 0 aliphatic rings. The van der Waals surface area contributed by atoms with E-state index in [1.807, 2.05) is 18.2 Å². The molecule has 0 fully saturated rings. The SMILES string of the molecule is O=C(Cn1c(=O)oc2ccccc21)NNC(=O)c1ccc2ccccc2n1. The van der Waals surface area contributed by atoms with Gasteiger partial charge >= 0.3 is 5.76 Å². The van der Waals surface area contributed by atoms with Crippen LogP contribution in [0.5, 0.6) is 0 Å². The van der Waals surface area contributed by atoms with Crippen molar-refractivity contribution >= 4 is 33.8 Å². The third-order valence-electron chi connectivity index (χ3n) is 4.02. The lowest BCUT2D eigenvalue weighted by atomic mass is 10.2. The Morgan fingerprint density at radius 1 is 0.963 bits per heavy atom. The molecular formula is C19H14N4O4. The Kier molecular flexibility index (Phi) is 4.13. The number of amides is 2. The van der Waals surface area contributed by atoms with Gasteiger partial charge in [-0.2, -0.15) is 0 Å². The number of hydrazine groups is 1. The molecule has 2 amide bonds. The molecule has 4 rings (SSSR count). The van der Waals surface area contributed by atoms with E-state index in [-0.39, 0.29) is 12.2 Å². The second-order valence-electron chi connectivity index (χ2n) is 5.81. The van der Waals surface area contributed by atoms with Gasteiger partial charge < -0.3 is 4.42 Å². The molecule has 0 saturated carbocycles. The third-order valence-corrected chi connectivity index (χ3v) is 4.02. The summed E-state index contributed by atoms with van der Waals surface area (Å²) in [5, 5.41) is 0.907. The number of benzene rings is 2. The second kappa shape index (κ2) is 6.75. The highest BCUT2D eigenvalue weighted by Gasteiger charge is 2.14. The number of hydrogen-bond donors (Lipinski definition) is 2. The van der Waals surface area contributed by atoms with E-state index >= 15 is 0 Å². The first-order chi connectivity index (χ1) is 13.1. The van der Waals surface area contributed by atoms with Crippen LogP contribution in [-0.2, 0) is 11.3 Å². The van der Waals surface area contributed by atoms with Crippen LogP contribution < -0.4 is 16.6 Å². The molecule has 2 N–H and O–H groups in total. The largest absolute Gasteiger partial charge is 0.420 e. The van der Waals surface area contributed by atoms with E-state index in [0.717, 1.165) is 5.39 Å². The summed E-state index contributed by atoms with van der Waals surface area (Å²) in [5.41, 5.74) is 6.31. The number of pyridine rings is 1. The number of rotatable bonds is 3. The summed E-state index contributed by atoms with van der Waals surface area (Å²) in [7, 11) is 0. The fraction of sp³-hybridized carbons (Fsp3) is 0.0526. The summed E-state index contributed by atoms with van der Waals surface area (Å²) in [6.07, 6.45) is 0. The number of carbonyl (C=O) groups excluding carboxylic acids is 2. The van der Waals surface area contributed by atoms with Gasteiger partial charge in [0.1, 0.15) is 12.2 Å². The predicted octanol–water partition coefficient (Wildman–Crippen LogP) is 1.60. The summed E-state index contributed by atoms with van der Waals surface area (Å²) in [6.45, 7) is -0.290. The van der Waals surface area contributed by atoms with Crippen LogP contribution in [-0.4, -0.2) is 21.4 Å². The highest BCUT2D eigenvalue weighted by atomic mass is 16.4. The monoisotopic (exact) mass is 362 g/mol. The first kappa shape index (κ1) is 16.5. The molecule has 0 atom stereocenters. The number of aromatic nitrogens is 2. The van der Waals surface area contributed by atoms with Crippen LogP contribution in [0.1, 0.15) is 10.5 Å². The molecule has 0 bridgehead atoms. The Bertz CT molecular complexity index is 1230. The average Bonchev–Trinajstić information content (AvgIpc) is 3.01. The van der Waals surface area contributed by atoms with Crippen LogP contribution in [0.25, 0.3) is 22.0 Å². The molecule has 134 valence electrons. The van der Waals surface area contributed by atoms with E-state index < -0.39 is 17.6 Å². The van der Waals surface area contributed by atoms with E-state index in [0.29, 0.717) is 16.6 Å². The smallest absolute Gasteiger partial charge is 0.408 e. The zero-order chi connectivity index (χ0) is 18.8. The lowest BCUT2D eigenvalue weighted by molar-refractivity contribution is -0.122. The maximum Gasteiger partial charge on any atom is 0.420 e. The lowest BCUT2D eigenvalue weighted by Crippen LogP contribution is -2.44. The minimum absolute atomic E-state index is 0.167. The second-order valence-corrected chi connectivity index (χ2v) is 5.81. The van der Waals surface area contributed by atoms with Crippen LogP contribution in [0.3, 0.4) is 0 Å². The van der Waals surface area contributed by atoms with Crippen LogP contribution >= 0.6 is 0 Å². The van der Waals surface area contributed by atoms with Gasteiger partial charge in [0.05, 0.1) is 11.0 Å². The molecule has 0 unspecified atom stereocenters. The number of carbonyl (C=O) groups is 2. The first-order valence-electron chi connectivity index (χ1n) is 8.15. The minimum Gasteiger partial charge on any atom is -0.408 e.